The molecule has 0 aliphatic carbocycles. The SMILES string of the molecule is COc1c[c]cc(OCc2ccccc2)c1C. The molecule has 0 aromatic heterocycles. The maximum absolute atomic E-state index is 5.75. The van der Waals surface area contributed by atoms with Gasteiger partial charge in [0.1, 0.15) is 18.1 Å². The molecule has 0 saturated carbocycles. The van der Waals surface area contributed by atoms with E-state index in [-0.39, 0.29) is 0 Å². The van der Waals surface area contributed by atoms with E-state index in [4.69, 9.17) is 9.47 Å². The highest BCUT2D eigenvalue weighted by Crippen LogP contribution is 2.27. The van der Waals surface area contributed by atoms with Crippen LogP contribution in [0.5, 0.6) is 11.5 Å². The standard InChI is InChI=1S/C15H15O2/c1-12-14(16-2)9-6-10-15(12)17-11-13-7-4-3-5-8-13/h3-5,7-10H,11H2,1-2H3. The highest BCUT2D eigenvalue weighted by atomic mass is 16.5. The number of rotatable bonds is 4. The highest BCUT2D eigenvalue weighted by Gasteiger charge is 2.05. The molecule has 0 heterocycles. The Labute approximate surface area is 102 Å². The summed E-state index contributed by atoms with van der Waals surface area (Å²) in [7, 11) is 1.65. The lowest BCUT2D eigenvalue weighted by molar-refractivity contribution is 0.301. The van der Waals surface area contributed by atoms with Crippen molar-refractivity contribution in [3.8, 4) is 11.5 Å². The monoisotopic (exact) mass is 227 g/mol. The third-order valence-electron chi connectivity index (χ3n) is 2.63. The lowest BCUT2D eigenvalue weighted by Gasteiger charge is -2.11. The molecule has 0 bridgehead atoms. The molecule has 0 saturated heterocycles. The van der Waals surface area contributed by atoms with Gasteiger partial charge in [-0.15, -0.1) is 0 Å². The smallest absolute Gasteiger partial charge is 0.127 e. The van der Waals surface area contributed by atoms with Gasteiger partial charge in [-0.05, 0) is 30.7 Å². The van der Waals surface area contributed by atoms with E-state index in [0.29, 0.717) is 6.61 Å². The molecule has 87 valence electrons. The molecule has 0 N–H and O–H groups in total. The quantitative estimate of drug-likeness (QED) is 0.797. The van der Waals surface area contributed by atoms with Gasteiger partial charge in [0.25, 0.3) is 0 Å². The molecular weight excluding hydrogens is 212 g/mol. The molecule has 0 aliphatic heterocycles. The second-order valence-electron chi connectivity index (χ2n) is 3.79. The molecule has 0 aliphatic rings. The Morgan fingerprint density at radius 3 is 2.47 bits per heavy atom. The van der Waals surface area contributed by atoms with Gasteiger partial charge in [-0.2, -0.15) is 0 Å². The van der Waals surface area contributed by atoms with Crippen molar-refractivity contribution in [1.82, 2.24) is 0 Å². The van der Waals surface area contributed by atoms with Gasteiger partial charge in [0, 0.05) is 5.56 Å². The Hall–Kier alpha value is -1.96. The van der Waals surface area contributed by atoms with Crippen LogP contribution >= 0.6 is 0 Å². The van der Waals surface area contributed by atoms with E-state index < -0.39 is 0 Å². The van der Waals surface area contributed by atoms with E-state index >= 15 is 0 Å². The van der Waals surface area contributed by atoms with Crippen LogP contribution < -0.4 is 9.47 Å². The minimum Gasteiger partial charge on any atom is -0.496 e. The van der Waals surface area contributed by atoms with Gasteiger partial charge >= 0.3 is 0 Å². The first-order valence-electron chi connectivity index (χ1n) is 5.52. The largest absolute Gasteiger partial charge is 0.496 e. The molecule has 0 amide bonds. The van der Waals surface area contributed by atoms with Crippen molar-refractivity contribution < 1.29 is 9.47 Å². The molecule has 2 aromatic rings. The minimum atomic E-state index is 0.558. The van der Waals surface area contributed by atoms with E-state index in [1.807, 2.05) is 49.4 Å². The maximum atomic E-state index is 5.75. The van der Waals surface area contributed by atoms with E-state index in [2.05, 4.69) is 6.07 Å². The molecule has 2 heteroatoms. The van der Waals surface area contributed by atoms with Crippen LogP contribution in [0.4, 0.5) is 0 Å². The lowest BCUT2D eigenvalue weighted by atomic mass is 10.2. The van der Waals surface area contributed by atoms with Gasteiger partial charge in [0.2, 0.25) is 0 Å². The Bertz CT molecular complexity index is 478. The summed E-state index contributed by atoms with van der Waals surface area (Å²) >= 11 is 0. The fourth-order valence-corrected chi connectivity index (χ4v) is 1.63. The third-order valence-corrected chi connectivity index (χ3v) is 2.63. The second kappa shape index (κ2) is 5.39. The molecule has 1 radical (unpaired) electrons. The average Bonchev–Trinajstić information content (AvgIpc) is 2.39. The predicted octanol–water partition coefficient (Wildman–Crippen LogP) is 3.38. The molecular formula is C15H15O2. The first-order valence-corrected chi connectivity index (χ1v) is 5.52. The maximum Gasteiger partial charge on any atom is 0.127 e. The molecule has 0 atom stereocenters. The van der Waals surface area contributed by atoms with Gasteiger partial charge in [-0.25, -0.2) is 0 Å². The van der Waals surface area contributed by atoms with Crippen LogP contribution in [0, 0.1) is 13.0 Å². The topological polar surface area (TPSA) is 18.5 Å². The van der Waals surface area contributed by atoms with Crippen molar-refractivity contribution in [3.05, 3.63) is 59.7 Å². The average molecular weight is 227 g/mol. The van der Waals surface area contributed by atoms with Crippen molar-refractivity contribution in [2.45, 2.75) is 13.5 Å². The summed E-state index contributed by atoms with van der Waals surface area (Å²) in [6.45, 7) is 2.54. The third kappa shape index (κ3) is 2.78. The minimum absolute atomic E-state index is 0.558. The van der Waals surface area contributed by atoms with Gasteiger partial charge in [0.05, 0.1) is 7.11 Å². The van der Waals surface area contributed by atoms with Crippen molar-refractivity contribution in [1.29, 1.82) is 0 Å². The van der Waals surface area contributed by atoms with Crippen LogP contribution in [0.15, 0.2) is 42.5 Å². The number of hydrogen-bond donors (Lipinski definition) is 0. The van der Waals surface area contributed by atoms with Gasteiger partial charge in [0.15, 0.2) is 0 Å². The van der Waals surface area contributed by atoms with Crippen molar-refractivity contribution in [2.75, 3.05) is 7.11 Å². The predicted molar refractivity (Wildman–Crippen MR) is 67.3 cm³/mol. The zero-order chi connectivity index (χ0) is 12.1. The number of hydrogen-bond acceptors (Lipinski definition) is 2. The summed E-state index contributed by atoms with van der Waals surface area (Å²) < 4.78 is 11.0. The number of ether oxygens (including phenoxy) is 2. The molecule has 17 heavy (non-hydrogen) atoms. The zero-order valence-electron chi connectivity index (χ0n) is 10.1. The first kappa shape index (κ1) is 11.5. The van der Waals surface area contributed by atoms with Gasteiger partial charge < -0.3 is 9.47 Å². The van der Waals surface area contributed by atoms with Crippen LogP contribution in [0.3, 0.4) is 0 Å². The summed E-state index contributed by atoms with van der Waals surface area (Å²) in [6.07, 6.45) is 0. The van der Waals surface area contributed by atoms with Crippen LogP contribution in [-0.4, -0.2) is 7.11 Å². The fourth-order valence-electron chi connectivity index (χ4n) is 1.63. The Morgan fingerprint density at radius 2 is 1.76 bits per heavy atom. The lowest BCUT2D eigenvalue weighted by Crippen LogP contribution is -1.98. The van der Waals surface area contributed by atoms with Gasteiger partial charge in [-0.3, -0.25) is 0 Å². The number of methoxy groups -OCH3 is 1. The van der Waals surface area contributed by atoms with Crippen LogP contribution in [0.25, 0.3) is 0 Å². The number of benzene rings is 2. The highest BCUT2D eigenvalue weighted by molar-refractivity contribution is 5.43. The van der Waals surface area contributed by atoms with Gasteiger partial charge in [-0.1, -0.05) is 30.3 Å². The normalized spacial score (nSPS) is 10.0. The fraction of sp³-hybridized carbons (Fsp3) is 0.200. The van der Waals surface area contributed by atoms with Crippen LogP contribution in [0.1, 0.15) is 11.1 Å². The summed E-state index contributed by atoms with van der Waals surface area (Å²) in [5.74, 6) is 1.61. The van der Waals surface area contributed by atoms with Crippen molar-refractivity contribution in [3.63, 3.8) is 0 Å². The van der Waals surface area contributed by atoms with E-state index in [1.54, 1.807) is 7.11 Å². The molecule has 2 aromatic carbocycles. The van der Waals surface area contributed by atoms with Crippen LogP contribution in [-0.2, 0) is 6.61 Å². The Kier molecular flexibility index (Phi) is 3.66. The Balaban J connectivity index is 2.09. The van der Waals surface area contributed by atoms with E-state index in [1.165, 1.54) is 0 Å². The second-order valence-corrected chi connectivity index (χ2v) is 3.79. The zero-order valence-corrected chi connectivity index (χ0v) is 10.1. The summed E-state index contributed by atoms with van der Waals surface area (Å²) in [5.41, 5.74) is 2.15. The first-order chi connectivity index (χ1) is 8.31. The van der Waals surface area contributed by atoms with Crippen LogP contribution in [0.2, 0.25) is 0 Å². The Morgan fingerprint density at radius 1 is 1.06 bits per heavy atom. The van der Waals surface area contributed by atoms with E-state index in [0.717, 1.165) is 22.6 Å². The molecule has 0 unspecified atom stereocenters. The molecule has 0 fully saturated rings. The van der Waals surface area contributed by atoms with Crippen molar-refractivity contribution >= 4 is 0 Å². The van der Waals surface area contributed by atoms with Crippen molar-refractivity contribution in [2.24, 2.45) is 0 Å². The van der Waals surface area contributed by atoms with E-state index in [9.17, 15) is 0 Å². The molecule has 2 nitrogen and oxygen atoms in total. The summed E-state index contributed by atoms with van der Waals surface area (Å²) in [5, 5.41) is 0. The molecule has 0 spiro atoms. The summed E-state index contributed by atoms with van der Waals surface area (Å²) in [6, 6.07) is 16.7. The summed E-state index contributed by atoms with van der Waals surface area (Å²) in [4.78, 5) is 0. The molecule has 2 rings (SSSR count).